The number of allylic oxidation sites excluding steroid dienone is 1. The van der Waals surface area contributed by atoms with E-state index in [2.05, 4.69) is 4.90 Å². The fourth-order valence-corrected chi connectivity index (χ4v) is 4.30. The van der Waals surface area contributed by atoms with Crippen LogP contribution >= 0.6 is 0 Å². The van der Waals surface area contributed by atoms with Gasteiger partial charge in [0.2, 0.25) is 5.78 Å². The highest BCUT2D eigenvalue weighted by atomic mass is 16.5. The molecule has 7 nitrogen and oxygen atoms in total. The average Bonchev–Trinajstić information content (AvgIpc) is 3.13. The third-order valence-electron chi connectivity index (χ3n) is 5.91. The van der Waals surface area contributed by atoms with Gasteiger partial charge in [-0.3, -0.25) is 14.5 Å². The van der Waals surface area contributed by atoms with E-state index in [1.165, 1.54) is 6.07 Å². The number of rotatable bonds is 7. The minimum atomic E-state index is -0.219. The first-order valence-electron chi connectivity index (χ1n) is 11.4. The first-order valence-corrected chi connectivity index (χ1v) is 11.4. The number of Topliss-reactive ketones (excluding diaryl/α,β-unsaturated/α-hetero) is 1. The predicted molar refractivity (Wildman–Crippen MR) is 123 cm³/mol. The number of nitrogens with zero attached hydrogens (tertiary/aromatic N) is 1. The summed E-state index contributed by atoms with van der Waals surface area (Å²) in [4.78, 5) is 27.2. The molecule has 7 heteroatoms. The second-order valence-corrected chi connectivity index (χ2v) is 8.21. The minimum absolute atomic E-state index is 0.0714. The van der Waals surface area contributed by atoms with Crippen molar-refractivity contribution in [2.75, 3.05) is 26.3 Å². The molecule has 2 heterocycles. The van der Waals surface area contributed by atoms with E-state index in [4.69, 9.17) is 14.2 Å². The van der Waals surface area contributed by atoms with Gasteiger partial charge in [0.1, 0.15) is 17.2 Å². The van der Waals surface area contributed by atoms with E-state index in [-0.39, 0.29) is 29.2 Å². The van der Waals surface area contributed by atoms with Gasteiger partial charge in [-0.05, 0) is 69.1 Å². The number of carbonyl (C=O) groups excluding carboxylic acids is 2. The summed E-state index contributed by atoms with van der Waals surface area (Å²) in [5, 5.41) is 10.6. The molecular weight excluding hydrogens is 422 g/mol. The second kappa shape index (κ2) is 10.1. The Kier molecular flexibility index (Phi) is 6.99. The number of fused-ring (bicyclic) bond motifs is 1. The summed E-state index contributed by atoms with van der Waals surface area (Å²) in [6.07, 6.45) is 3.34. The first kappa shape index (κ1) is 22.9. The van der Waals surface area contributed by atoms with Crippen LogP contribution in [0, 0.1) is 5.92 Å². The highest BCUT2D eigenvalue weighted by Gasteiger charge is 2.33. The molecule has 0 aromatic heterocycles. The Morgan fingerprint density at radius 2 is 1.97 bits per heavy atom. The average molecular weight is 452 g/mol. The predicted octanol–water partition coefficient (Wildman–Crippen LogP) is 4.18. The van der Waals surface area contributed by atoms with Crippen molar-refractivity contribution in [2.24, 2.45) is 5.92 Å². The van der Waals surface area contributed by atoms with Gasteiger partial charge < -0.3 is 19.3 Å². The van der Waals surface area contributed by atoms with Crippen molar-refractivity contribution in [1.82, 2.24) is 4.90 Å². The van der Waals surface area contributed by atoms with Gasteiger partial charge in [-0.15, -0.1) is 0 Å². The number of benzene rings is 2. The van der Waals surface area contributed by atoms with E-state index in [0.29, 0.717) is 43.2 Å². The van der Waals surface area contributed by atoms with Gasteiger partial charge in [0.05, 0.1) is 30.3 Å². The van der Waals surface area contributed by atoms with E-state index in [0.717, 1.165) is 30.7 Å². The van der Waals surface area contributed by atoms with Crippen LogP contribution in [0.5, 0.6) is 17.2 Å². The highest BCUT2D eigenvalue weighted by Crippen LogP contribution is 2.40. The van der Waals surface area contributed by atoms with Crippen molar-refractivity contribution in [3.05, 3.63) is 58.8 Å². The number of ether oxygens (including phenoxy) is 3. The number of phenols is 1. The highest BCUT2D eigenvalue weighted by molar-refractivity contribution is 6.15. The van der Waals surface area contributed by atoms with E-state index in [1.807, 2.05) is 31.2 Å². The molecule has 2 aliphatic heterocycles. The minimum Gasteiger partial charge on any atom is -0.507 e. The Hall–Kier alpha value is -3.32. The zero-order chi connectivity index (χ0) is 23.4. The van der Waals surface area contributed by atoms with Gasteiger partial charge in [0, 0.05) is 13.1 Å². The fourth-order valence-electron chi connectivity index (χ4n) is 4.30. The number of likely N-dealkylation sites (tertiary alicyclic amines) is 1. The maximum Gasteiger partial charge on any atom is 0.310 e. The van der Waals surface area contributed by atoms with Crippen molar-refractivity contribution in [2.45, 2.75) is 33.2 Å². The third kappa shape index (κ3) is 5.03. The summed E-state index contributed by atoms with van der Waals surface area (Å²) < 4.78 is 16.6. The third-order valence-corrected chi connectivity index (χ3v) is 5.91. The number of piperidine rings is 1. The molecule has 174 valence electrons. The molecule has 0 spiro atoms. The molecule has 33 heavy (non-hydrogen) atoms. The van der Waals surface area contributed by atoms with Crippen molar-refractivity contribution in [1.29, 1.82) is 0 Å². The molecule has 2 aromatic carbocycles. The molecule has 4 rings (SSSR count). The zero-order valence-corrected chi connectivity index (χ0v) is 19.0. The number of phenolic OH excluding ortho intramolecular Hbond substituents is 1. The normalized spacial score (nSPS) is 19.3. The number of hydrogen-bond donors (Lipinski definition) is 1. The second-order valence-electron chi connectivity index (χ2n) is 8.21. The van der Waals surface area contributed by atoms with Crippen LogP contribution < -0.4 is 9.47 Å². The van der Waals surface area contributed by atoms with Gasteiger partial charge in [-0.25, -0.2) is 0 Å². The number of hydrogen-bond acceptors (Lipinski definition) is 7. The number of aromatic hydroxyl groups is 1. The topological polar surface area (TPSA) is 85.3 Å². The molecule has 1 atom stereocenters. The lowest BCUT2D eigenvalue weighted by Crippen LogP contribution is -2.39. The van der Waals surface area contributed by atoms with Crippen LogP contribution in [-0.4, -0.2) is 48.1 Å². The number of esters is 1. The van der Waals surface area contributed by atoms with Gasteiger partial charge in [0.15, 0.2) is 5.76 Å². The maximum absolute atomic E-state index is 13.0. The van der Waals surface area contributed by atoms with Crippen LogP contribution in [0.15, 0.2) is 42.2 Å². The molecule has 0 saturated carbocycles. The molecule has 0 bridgehead atoms. The van der Waals surface area contributed by atoms with Crippen LogP contribution in [0.4, 0.5) is 0 Å². The standard InChI is InChI=1S/C26H29NO6/c1-3-31-19-9-7-17(8-10-19)14-23-24(29)20-11-12-22(28)21(25(20)33-23)16-27-13-5-6-18(15-27)26(30)32-4-2/h7-12,14,18,28H,3-6,13,15-16H2,1-2H3/b23-14-. The summed E-state index contributed by atoms with van der Waals surface area (Å²) in [5.41, 5.74) is 1.80. The van der Waals surface area contributed by atoms with Gasteiger partial charge in [0.25, 0.3) is 0 Å². The Labute approximate surface area is 193 Å². The van der Waals surface area contributed by atoms with Crippen LogP contribution in [0.25, 0.3) is 6.08 Å². The molecule has 2 aromatic rings. The number of carbonyl (C=O) groups is 2. The lowest BCUT2D eigenvalue weighted by atomic mass is 9.97. The zero-order valence-electron chi connectivity index (χ0n) is 19.0. The van der Waals surface area contributed by atoms with E-state index in [1.54, 1.807) is 19.1 Å². The molecule has 2 aliphatic rings. The van der Waals surface area contributed by atoms with Crippen molar-refractivity contribution < 1.29 is 28.9 Å². The number of ketones is 1. The summed E-state index contributed by atoms with van der Waals surface area (Å²) >= 11 is 0. The largest absolute Gasteiger partial charge is 0.507 e. The van der Waals surface area contributed by atoms with Crippen LogP contribution in [0.2, 0.25) is 0 Å². The molecule has 0 amide bonds. The van der Waals surface area contributed by atoms with E-state index in [9.17, 15) is 14.7 Å². The maximum atomic E-state index is 13.0. The van der Waals surface area contributed by atoms with Gasteiger partial charge in [-0.1, -0.05) is 12.1 Å². The molecule has 1 saturated heterocycles. The van der Waals surface area contributed by atoms with Crippen molar-refractivity contribution >= 4 is 17.8 Å². The first-order chi connectivity index (χ1) is 16.0. The molecule has 1 fully saturated rings. The molecule has 1 N–H and O–H groups in total. The van der Waals surface area contributed by atoms with Crippen molar-refractivity contribution in [3.8, 4) is 17.2 Å². The molecule has 0 aliphatic carbocycles. The van der Waals surface area contributed by atoms with E-state index < -0.39 is 0 Å². The summed E-state index contributed by atoms with van der Waals surface area (Å²) in [6, 6.07) is 10.5. The molecular formula is C26H29NO6. The summed E-state index contributed by atoms with van der Waals surface area (Å²) in [7, 11) is 0. The quantitative estimate of drug-likeness (QED) is 0.499. The monoisotopic (exact) mass is 451 g/mol. The van der Waals surface area contributed by atoms with Crippen LogP contribution in [0.1, 0.15) is 48.2 Å². The van der Waals surface area contributed by atoms with Crippen LogP contribution in [-0.2, 0) is 16.1 Å². The smallest absolute Gasteiger partial charge is 0.310 e. The van der Waals surface area contributed by atoms with Gasteiger partial charge >= 0.3 is 5.97 Å². The molecule has 0 radical (unpaired) electrons. The SMILES string of the molecule is CCOC(=O)C1CCCN(Cc2c(O)ccc3c2O/C(=C\c2ccc(OCC)cc2)C3=O)C1. The Bertz CT molecular complexity index is 1060. The lowest BCUT2D eigenvalue weighted by Gasteiger charge is -2.31. The fraction of sp³-hybridized carbons (Fsp3) is 0.385. The van der Waals surface area contributed by atoms with E-state index >= 15 is 0 Å². The Morgan fingerprint density at radius 1 is 1.18 bits per heavy atom. The molecule has 1 unspecified atom stereocenters. The van der Waals surface area contributed by atoms with Gasteiger partial charge in [-0.2, -0.15) is 0 Å². The Balaban J connectivity index is 1.53. The van der Waals surface area contributed by atoms with Crippen molar-refractivity contribution in [3.63, 3.8) is 0 Å². The van der Waals surface area contributed by atoms with Crippen LogP contribution in [0.3, 0.4) is 0 Å². The summed E-state index contributed by atoms with van der Waals surface area (Å²) in [5.74, 6) is 0.841. The lowest BCUT2D eigenvalue weighted by molar-refractivity contribution is -0.150. The summed E-state index contributed by atoms with van der Waals surface area (Å²) in [6.45, 7) is 6.40. The Morgan fingerprint density at radius 3 is 2.70 bits per heavy atom.